The first-order valence-corrected chi connectivity index (χ1v) is 10.6. The molecule has 7 heteroatoms. The molecule has 1 aliphatic heterocycles. The molecule has 0 spiro atoms. The van der Waals surface area contributed by atoms with Gasteiger partial charge in [0.2, 0.25) is 11.8 Å². The molecule has 30 heavy (non-hydrogen) atoms. The molecule has 1 heterocycles. The molecule has 0 aliphatic carbocycles. The molecule has 2 amide bonds. The summed E-state index contributed by atoms with van der Waals surface area (Å²) in [7, 11) is 0. The molecule has 1 atom stereocenters. The van der Waals surface area contributed by atoms with E-state index in [0.29, 0.717) is 12.2 Å². The molecule has 1 saturated heterocycles. The first kappa shape index (κ1) is 22.1. The summed E-state index contributed by atoms with van der Waals surface area (Å²) >= 11 is 5.82. The maximum atomic E-state index is 13.4. The summed E-state index contributed by atoms with van der Waals surface area (Å²) in [6.45, 7) is 6.74. The minimum absolute atomic E-state index is 0.0395. The average Bonchev–Trinajstić information content (AvgIpc) is 3.11. The molecule has 1 aliphatic rings. The Morgan fingerprint density at radius 3 is 2.80 bits per heavy atom. The van der Waals surface area contributed by atoms with Crippen molar-refractivity contribution in [2.75, 3.05) is 36.0 Å². The molecule has 2 aromatic rings. The van der Waals surface area contributed by atoms with Crippen molar-refractivity contribution in [1.29, 1.82) is 0 Å². The molecule has 160 valence electrons. The third kappa shape index (κ3) is 5.30. The highest BCUT2D eigenvalue weighted by molar-refractivity contribution is 6.31. The van der Waals surface area contributed by atoms with E-state index in [1.807, 2.05) is 6.07 Å². The van der Waals surface area contributed by atoms with Crippen molar-refractivity contribution in [3.63, 3.8) is 0 Å². The molecule has 0 bridgehead atoms. The van der Waals surface area contributed by atoms with Crippen molar-refractivity contribution in [2.45, 2.75) is 26.7 Å². The number of nitrogens with zero attached hydrogens (tertiary/aromatic N) is 2. The second-order valence-electron chi connectivity index (χ2n) is 7.57. The molecule has 1 N–H and O–H groups in total. The van der Waals surface area contributed by atoms with Crippen molar-refractivity contribution in [3.05, 3.63) is 58.9 Å². The number of carbonyl (C=O) groups excluding carboxylic acids is 2. The number of hydrogen-bond donors (Lipinski definition) is 1. The van der Waals surface area contributed by atoms with E-state index in [2.05, 4.69) is 42.3 Å². The third-order valence-corrected chi connectivity index (χ3v) is 5.65. The van der Waals surface area contributed by atoms with Crippen LogP contribution in [0.15, 0.2) is 42.5 Å². The Bertz CT molecular complexity index is 921. The zero-order valence-electron chi connectivity index (χ0n) is 17.3. The van der Waals surface area contributed by atoms with Crippen LogP contribution < -0.4 is 15.1 Å². The van der Waals surface area contributed by atoms with Crippen LogP contribution in [-0.2, 0) is 9.59 Å². The Morgan fingerprint density at radius 2 is 2.10 bits per heavy atom. The van der Waals surface area contributed by atoms with Crippen LogP contribution >= 0.6 is 11.6 Å². The molecule has 2 aromatic carbocycles. The summed E-state index contributed by atoms with van der Waals surface area (Å²) in [5, 5.41) is 2.91. The number of benzene rings is 2. The summed E-state index contributed by atoms with van der Waals surface area (Å²) in [6.07, 6.45) is 0.955. The molecule has 5 nitrogen and oxygen atoms in total. The molecule has 3 rings (SSSR count). The maximum Gasteiger partial charge on any atom is 0.227 e. The number of anilines is 2. The van der Waals surface area contributed by atoms with E-state index in [0.717, 1.165) is 19.5 Å². The smallest absolute Gasteiger partial charge is 0.227 e. The van der Waals surface area contributed by atoms with Gasteiger partial charge in [0, 0.05) is 44.0 Å². The van der Waals surface area contributed by atoms with Crippen molar-refractivity contribution in [1.82, 2.24) is 5.32 Å². The van der Waals surface area contributed by atoms with Crippen LogP contribution in [0.1, 0.15) is 25.3 Å². The molecule has 1 fully saturated rings. The number of aryl methyl sites for hydroxylation is 1. The topological polar surface area (TPSA) is 52.7 Å². The van der Waals surface area contributed by atoms with Crippen molar-refractivity contribution in [3.8, 4) is 0 Å². The summed E-state index contributed by atoms with van der Waals surface area (Å²) in [5.41, 5.74) is 2.91. The second-order valence-corrected chi connectivity index (χ2v) is 7.97. The Morgan fingerprint density at radius 1 is 1.30 bits per heavy atom. The van der Waals surface area contributed by atoms with Gasteiger partial charge in [0.1, 0.15) is 5.82 Å². The van der Waals surface area contributed by atoms with Crippen LogP contribution in [0.5, 0.6) is 0 Å². The fourth-order valence-corrected chi connectivity index (χ4v) is 3.88. The lowest BCUT2D eigenvalue weighted by molar-refractivity contribution is -0.126. The van der Waals surface area contributed by atoms with E-state index in [9.17, 15) is 14.0 Å². The lowest BCUT2D eigenvalue weighted by Crippen LogP contribution is -2.35. The third-order valence-electron chi connectivity index (χ3n) is 5.36. The van der Waals surface area contributed by atoms with Crippen LogP contribution in [0.3, 0.4) is 0 Å². The number of rotatable bonds is 8. The lowest BCUT2D eigenvalue weighted by Gasteiger charge is -2.23. The highest BCUT2D eigenvalue weighted by atomic mass is 35.5. The summed E-state index contributed by atoms with van der Waals surface area (Å²) < 4.78 is 13.4. The number of carbonyl (C=O) groups is 2. The van der Waals surface area contributed by atoms with Crippen LogP contribution in [0.4, 0.5) is 15.8 Å². The van der Waals surface area contributed by atoms with Crippen molar-refractivity contribution >= 4 is 34.8 Å². The number of amides is 2. The summed E-state index contributed by atoms with van der Waals surface area (Å²) in [4.78, 5) is 28.6. The molecule has 0 saturated carbocycles. The largest absolute Gasteiger partial charge is 0.372 e. The second kappa shape index (κ2) is 9.94. The van der Waals surface area contributed by atoms with Gasteiger partial charge in [0.05, 0.1) is 10.9 Å². The number of hydrogen-bond acceptors (Lipinski definition) is 3. The van der Waals surface area contributed by atoms with Gasteiger partial charge in [-0.3, -0.25) is 9.59 Å². The van der Waals surface area contributed by atoms with Crippen molar-refractivity contribution < 1.29 is 14.0 Å². The average molecular weight is 432 g/mol. The van der Waals surface area contributed by atoms with Gasteiger partial charge >= 0.3 is 0 Å². The normalized spacial score (nSPS) is 16.1. The zero-order chi connectivity index (χ0) is 21.7. The Balaban J connectivity index is 1.48. The fraction of sp³-hybridized carbons (Fsp3) is 0.391. The Labute approximate surface area is 181 Å². The molecule has 0 aromatic heterocycles. The van der Waals surface area contributed by atoms with Gasteiger partial charge < -0.3 is 15.1 Å². The van der Waals surface area contributed by atoms with Gasteiger partial charge in [-0.25, -0.2) is 4.39 Å². The Hall–Kier alpha value is -2.60. The van der Waals surface area contributed by atoms with Crippen molar-refractivity contribution in [2.24, 2.45) is 5.92 Å². The van der Waals surface area contributed by atoms with Crippen LogP contribution in [0.25, 0.3) is 0 Å². The first-order valence-electron chi connectivity index (χ1n) is 10.2. The Kier molecular flexibility index (Phi) is 7.32. The van der Waals surface area contributed by atoms with Gasteiger partial charge in [-0.05, 0) is 56.2 Å². The summed E-state index contributed by atoms with van der Waals surface area (Å²) in [5.74, 6) is -1.24. The van der Waals surface area contributed by atoms with Gasteiger partial charge in [0.15, 0.2) is 0 Å². The van der Waals surface area contributed by atoms with Gasteiger partial charge in [-0.2, -0.15) is 0 Å². The van der Waals surface area contributed by atoms with Crippen LogP contribution in [0.2, 0.25) is 5.02 Å². The maximum absolute atomic E-state index is 13.4. The zero-order valence-corrected chi connectivity index (χ0v) is 18.1. The predicted octanol–water partition coefficient (Wildman–Crippen LogP) is 4.17. The van der Waals surface area contributed by atoms with E-state index in [1.165, 1.54) is 34.3 Å². The molecule has 0 radical (unpaired) electrons. The SMILES string of the molecule is CCN(CCCNC(=O)[C@@H]1CC(=O)N(c2ccc(F)c(Cl)c2)C1)c1cccc(C)c1. The monoisotopic (exact) mass is 431 g/mol. The quantitative estimate of drug-likeness (QED) is 0.638. The molecular weight excluding hydrogens is 405 g/mol. The number of halogens is 2. The van der Waals surface area contributed by atoms with Gasteiger partial charge in [-0.1, -0.05) is 23.7 Å². The first-order chi connectivity index (χ1) is 14.4. The minimum Gasteiger partial charge on any atom is -0.372 e. The van der Waals surface area contributed by atoms with E-state index in [4.69, 9.17) is 11.6 Å². The minimum atomic E-state index is -0.534. The van der Waals surface area contributed by atoms with Crippen LogP contribution in [-0.4, -0.2) is 38.0 Å². The molecular formula is C23H27ClFN3O2. The highest BCUT2D eigenvalue weighted by Gasteiger charge is 2.35. The number of nitrogens with one attached hydrogen (secondary N) is 1. The van der Waals surface area contributed by atoms with Gasteiger partial charge in [-0.15, -0.1) is 0 Å². The molecule has 0 unspecified atom stereocenters. The fourth-order valence-electron chi connectivity index (χ4n) is 3.71. The standard InChI is InChI=1S/C23H27ClFN3O2/c1-3-27(18-7-4-6-16(2)12-18)11-5-10-26-23(30)17-13-22(29)28(15-17)19-8-9-21(25)20(24)14-19/h4,6-9,12,14,17H,3,5,10-11,13,15H2,1-2H3,(H,26,30)/t17-/m1/s1. The van der Waals surface area contributed by atoms with E-state index >= 15 is 0 Å². The van der Waals surface area contributed by atoms with Gasteiger partial charge in [0.25, 0.3) is 0 Å². The van der Waals surface area contributed by atoms with Crippen LogP contribution in [0, 0.1) is 18.7 Å². The highest BCUT2D eigenvalue weighted by Crippen LogP contribution is 2.28. The summed E-state index contributed by atoms with van der Waals surface area (Å²) in [6, 6.07) is 12.5. The van der Waals surface area contributed by atoms with E-state index < -0.39 is 11.7 Å². The van der Waals surface area contributed by atoms with E-state index in [-0.39, 0.29) is 29.8 Å². The lowest BCUT2D eigenvalue weighted by atomic mass is 10.1. The van der Waals surface area contributed by atoms with E-state index in [1.54, 1.807) is 0 Å². The predicted molar refractivity (Wildman–Crippen MR) is 119 cm³/mol.